The summed E-state index contributed by atoms with van der Waals surface area (Å²) in [5.74, 6) is 0. The van der Waals surface area contributed by atoms with Crippen molar-refractivity contribution in [2.24, 2.45) is 0 Å². The molecule has 3 heterocycles. The number of pyridine rings is 1. The van der Waals surface area contributed by atoms with Gasteiger partial charge in [-0.15, -0.1) is 0 Å². The third kappa shape index (κ3) is 6.80. The zero-order chi connectivity index (χ0) is 29.5. The van der Waals surface area contributed by atoms with Crippen molar-refractivity contribution >= 4 is 51.2 Å². The highest BCUT2D eigenvalue weighted by atomic mass is 35.5. The van der Waals surface area contributed by atoms with Gasteiger partial charge < -0.3 is 5.32 Å². The summed E-state index contributed by atoms with van der Waals surface area (Å²) in [4.78, 5) is 18.7. The van der Waals surface area contributed by atoms with Gasteiger partial charge in [0.2, 0.25) is 0 Å². The van der Waals surface area contributed by atoms with Crippen LogP contribution in [0.25, 0.3) is 6.08 Å². The summed E-state index contributed by atoms with van der Waals surface area (Å²) in [6, 6.07) is 12.0. The van der Waals surface area contributed by atoms with Crippen molar-refractivity contribution in [3.8, 4) is 0 Å². The number of halogens is 7. The van der Waals surface area contributed by atoms with Crippen molar-refractivity contribution in [3.05, 3.63) is 93.7 Å². The number of carbonyl (C=O) groups excluding carboxylic acids is 1. The highest BCUT2D eigenvalue weighted by Crippen LogP contribution is 3.02. The molecule has 2 aromatic carbocycles. The fourth-order valence-corrected chi connectivity index (χ4v) is 6.39. The molecule has 0 bridgehead atoms. The molecule has 3 aromatic rings. The van der Waals surface area contributed by atoms with Crippen LogP contribution in [0.2, 0.25) is 10.2 Å². The van der Waals surface area contributed by atoms with E-state index in [1.807, 2.05) is 24.3 Å². The van der Waals surface area contributed by atoms with E-state index in [1.165, 1.54) is 11.1 Å². The number of rotatable bonds is 6. The lowest BCUT2D eigenvalue weighted by atomic mass is 9.74. The molecule has 1 spiro atoms. The standard InChI is InChI=1S/C28H27Cl2F5N4OS/c29-22-5-3-20(4-6-22)2-1-13-38-14-10-28(11-15-38)19-39(27(40)37-18-21-9-12-36-26(30)16-21)25-8-7-23(17-24(25)28)41(31,32,33,34)35/h1-9,12,16-17H,10-11,13-15,18-19H2,(H,37,40). The first-order chi connectivity index (χ1) is 19.1. The lowest BCUT2D eigenvalue weighted by Gasteiger charge is -2.42. The minimum atomic E-state index is -9.93. The molecule has 13 heteroatoms. The van der Waals surface area contributed by atoms with E-state index in [4.69, 9.17) is 23.2 Å². The Balaban J connectivity index is 1.36. The number of likely N-dealkylation sites (tertiary alicyclic amines) is 1. The molecule has 0 radical (unpaired) electrons. The highest BCUT2D eigenvalue weighted by molar-refractivity contribution is 8.45. The minimum Gasteiger partial charge on any atom is -0.334 e. The van der Waals surface area contributed by atoms with Gasteiger partial charge in [-0.25, -0.2) is 9.78 Å². The number of nitrogens with one attached hydrogen (secondary N) is 1. The van der Waals surface area contributed by atoms with Crippen LogP contribution in [0, 0.1) is 0 Å². The van der Waals surface area contributed by atoms with Crippen molar-refractivity contribution in [1.29, 1.82) is 0 Å². The van der Waals surface area contributed by atoms with E-state index < -0.39 is 26.6 Å². The van der Waals surface area contributed by atoms with Crippen LogP contribution in [0.4, 0.5) is 29.9 Å². The van der Waals surface area contributed by atoms with E-state index in [0.717, 1.165) is 11.6 Å². The number of benzene rings is 2. The maximum Gasteiger partial charge on any atom is 0.322 e. The Hall–Kier alpha value is -2.86. The molecule has 5 nitrogen and oxygen atoms in total. The van der Waals surface area contributed by atoms with E-state index in [9.17, 15) is 24.2 Å². The Morgan fingerprint density at radius 2 is 1.71 bits per heavy atom. The predicted octanol–water partition coefficient (Wildman–Crippen LogP) is 8.82. The number of piperidine rings is 1. The van der Waals surface area contributed by atoms with Gasteiger partial charge in [0.1, 0.15) is 10.0 Å². The summed E-state index contributed by atoms with van der Waals surface area (Å²) in [7, 11) is -9.93. The van der Waals surface area contributed by atoms with Gasteiger partial charge in [-0.2, -0.15) is 0 Å². The average Bonchev–Trinajstić information content (AvgIpc) is 3.22. The zero-order valence-corrected chi connectivity index (χ0v) is 24.0. The number of urea groups is 1. The Kier molecular flexibility index (Phi) is 7.33. The number of hydrogen-bond acceptors (Lipinski definition) is 3. The monoisotopic (exact) mass is 632 g/mol. The van der Waals surface area contributed by atoms with E-state index in [1.54, 1.807) is 24.3 Å². The van der Waals surface area contributed by atoms with E-state index in [0.29, 0.717) is 55.2 Å². The van der Waals surface area contributed by atoms with E-state index >= 15 is 0 Å². The molecule has 5 rings (SSSR count). The smallest absolute Gasteiger partial charge is 0.322 e. The molecule has 0 atom stereocenters. The van der Waals surface area contributed by atoms with Gasteiger partial charge in [-0.1, -0.05) is 66.9 Å². The van der Waals surface area contributed by atoms with Gasteiger partial charge in [0, 0.05) is 42.0 Å². The molecule has 220 valence electrons. The van der Waals surface area contributed by atoms with Gasteiger partial charge in [-0.05, 0) is 85.1 Å². The van der Waals surface area contributed by atoms with Crippen LogP contribution in [0.15, 0.2) is 71.8 Å². The van der Waals surface area contributed by atoms with Gasteiger partial charge in [0.25, 0.3) is 0 Å². The van der Waals surface area contributed by atoms with Crippen LogP contribution >= 0.6 is 33.4 Å². The van der Waals surface area contributed by atoms with Crippen molar-refractivity contribution in [3.63, 3.8) is 0 Å². The normalized spacial score (nSPS) is 18.8. The number of nitrogens with zero attached hydrogens (tertiary/aromatic N) is 3. The number of carbonyl (C=O) groups is 1. The number of anilines is 1. The highest BCUT2D eigenvalue weighted by Gasteiger charge is 2.66. The first kappa shape index (κ1) is 29.6. The van der Waals surface area contributed by atoms with Crippen LogP contribution in [0.1, 0.15) is 29.5 Å². The summed E-state index contributed by atoms with van der Waals surface area (Å²) in [5, 5.41) is 3.64. The Labute approximate surface area is 244 Å². The molecule has 2 aliphatic rings. The molecule has 0 unspecified atom stereocenters. The summed E-state index contributed by atoms with van der Waals surface area (Å²) in [6.07, 6.45) is 6.24. The molecule has 1 saturated heterocycles. The van der Waals surface area contributed by atoms with Crippen LogP contribution in [-0.2, 0) is 12.0 Å². The summed E-state index contributed by atoms with van der Waals surface area (Å²) in [5.41, 5.74) is 1.11. The van der Waals surface area contributed by atoms with E-state index in [2.05, 4.69) is 15.2 Å². The first-order valence-electron chi connectivity index (χ1n) is 12.8. The molecule has 2 amide bonds. The van der Waals surface area contributed by atoms with Gasteiger partial charge in [-0.3, -0.25) is 9.80 Å². The summed E-state index contributed by atoms with van der Waals surface area (Å²) in [6.45, 7) is 1.85. The molecule has 0 saturated carbocycles. The maximum absolute atomic E-state index is 13.8. The van der Waals surface area contributed by atoms with Gasteiger partial charge in [0.05, 0.1) is 0 Å². The summed E-state index contributed by atoms with van der Waals surface area (Å²) >= 11 is 11.8. The molecular formula is C28H27Cl2F5N4OS. The quantitative estimate of drug-likeness (QED) is 0.218. The molecule has 1 N–H and O–H groups in total. The second kappa shape index (κ2) is 10.1. The Bertz CT molecular complexity index is 1500. The SMILES string of the molecule is O=C(NCc1ccnc(Cl)c1)N1CC2(CCN(CC=Cc3ccc(Cl)cc3)CC2)c2cc(S(F)(F)(F)(F)F)ccc21. The van der Waals surface area contributed by atoms with Crippen LogP contribution < -0.4 is 10.2 Å². The molecule has 0 aliphatic carbocycles. The minimum absolute atomic E-state index is 0.0868. The topological polar surface area (TPSA) is 48.5 Å². The Morgan fingerprint density at radius 1 is 1.00 bits per heavy atom. The van der Waals surface area contributed by atoms with Crippen molar-refractivity contribution < 1.29 is 24.2 Å². The van der Waals surface area contributed by atoms with Gasteiger partial charge >= 0.3 is 16.3 Å². The van der Waals surface area contributed by atoms with Crippen molar-refractivity contribution in [2.45, 2.75) is 29.7 Å². The fourth-order valence-electron chi connectivity index (χ4n) is 5.40. The van der Waals surface area contributed by atoms with Crippen LogP contribution in [0.5, 0.6) is 0 Å². The van der Waals surface area contributed by atoms with Crippen molar-refractivity contribution in [1.82, 2.24) is 15.2 Å². The van der Waals surface area contributed by atoms with Crippen LogP contribution in [-0.4, -0.2) is 42.1 Å². The van der Waals surface area contributed by atoms with E-state index in [-0.39, 0.29) is 29.5 Å². The van der Waals surface area contributed by atoms with Gasteiger partial charge in [0.15, 0.2) is 0 Å². The number of fused-ring (bicyclic) bond motifs is 2. The second-order valence-corrected chi connectivity index (χ2v) is 13.6. The molecule has 1 fully saturated rings. The Morgan fingerprint density at radius 3 is 2.37 bits per heavy atom. The molecule has 1 aromatic heterocycles. The predicted molar refractivity (Wildman–Crippen MR) is 155 cm³/mol. The third-order valence-electron chi connectivity index (χ3n) is 7.57. The third-order valence-corrected chi connectivity index (χ3v) is 9.18. The fraction of sp³-hybridized carbons (Fsp3) is 0.286. The molecule has 41 heavy (non-hydrogen) atoms. The first-order valence-corrected chi connectivity index (χ1v) is 15.5. The lowest BCUT2D eigenvalue weighted by Crippen LogP contribution is -2.47. The maximum atomic E-state index is 13.8. The summed E-state index contributed by atoms with van der Waals surface area (Å²) < 4.78 is 69.0. The average molecular weight is 634 g/mol. The molecule has 2 aliphatic heterocycles. The lowest BCUT2D eigenvalue weighted by molar-refractivity contribution is 0.180. The van der Waals surface area contributed by atoms with Crippen molar-refractivity contribution in [2.75, 3.05) is 31.1 Å². The molecular weight excluding hydrogens is 606 g/mol. The zero-order valence-electron chi connectivity index (χ0n) is 21.7. The largest absolute Gasteiger partial charge is 0.334 e. The number of hydrogen-bond donors (Lipinski definition) is 1. The number of amides is 2. The number of aromatic nitrogens is 1. The second-order valence-electron chi connectivity index (χ2n) is 10.4. The van der Waals surface area contributed by atoms with Crippen LogP contribution in [0.3, 0.4) is 0 Å².